The molecule has 0 aliphatic carbocycles. The summed E-state index contributed by atoms with van der Waals surface area (Å²) in [5, 5.41) is 15.4. The zero-order valence-corrected chi connectivity index (χ0v) is 18.7. The molecule has 0 bridgehead atoms. The third-order valence-corrected chi connectivity index (χ3v) is 5.91. The van der Waals surface area contributed by atoms with Crippen molar-refractivity contribution in [3.63, 3.8) is 0 Å². The van der Waals surface area contributed by atoms with Crippen LogP contribution in [0.3, 0.4) is 0 Å². The van der Waals surface area contributed by atoms with E-state index in [1.165, 1.54) is 22.9 Å². The molecule has 8 nitrogen and oxygen atoms in total. The fourth-order valence-electron chi connectivity index (χ4n) is 4.18. The molecule has 1 amide bonds. The summed E-state index contributed by atoms with van der Waals surface area (Å²) in [6.45, 7) is 2.52. The Morgan fingerprint density at radius 1 is 1.03 bits per heavy atom. The van der Waals surface area contributed by atoms with Gasteiger partial charge in [-0.3, -0.25) is 9.59 Å². The molecule has 1 N–H and O–H groups in total. The fraction of sp³-hybridized carbons (Fsp3) is 0.240. The molecule has 0 atom stereocenters. The van der Waals surface area contributed by atoms with E-state index in [-0.39, 0.29) is 11.4 Å². The van der Waals surface area contributed by atoms with Crippen molar-refractivity contribution in [2.45, 2.75) is 39.2 Å². The van der Waals surface area contributed by atoms with E-state index in [1.54, 1.807) is 13.0 Å². The summed E-state index contributed by atoms with van der Waals surface area (Å²) in [6.07, 6.45) is 4.06. The molecule has 2 aromatic heterocycles. The maximum Gasteiger partial charge on any atom is 0.280 e. The lowest BCUT2D eigenvalue weighted by atomic mass is 10.1. The predicted molar refractivity (Wildman–Crippen MR) is 125 cm³/mol. The highest BCUT2D eigenvalue weighted by molar-refractivity contribution is 6.03. The van der Waals surface area contributed by atoms with Crippen LogP contribution in [0.1, 0.15) is 41.3 Å². The van der Waals surface area contributed by atoms with Crippen LogP contribution in [0.25, 0.3) is 17.1 Å². The van der Waals surface area contributed by atoms with E-state index in [0.29, 0.717) is 22.8 Å². The maximum absolute atomic E-state index is 14.6. The van der Waals surface area contributed by atoms with Crippen molar-refractivity contribution >= 4 is 11.6 Å². The number of aryl methyl sites for hydroxylation is 2. The number of anilines is 1. The lowest BCUT2D eigenvalue weighted by molar-refractivity contribution is 0.101. The lowest BCUT2D eigenvalue weighted by Crippen LogP contribution is -2.27. The number of nitrogens with zero attached hydrogens (tertiary/aromatic N) is 5. The number of para-hydroxylation sites is 1. The van der Waals surface area contributed by atoms with Gasteiger partial charge in [0.15, 0.2) is 11.5 Å². The van der Waals surface area contributed by atoms with Gasteiger partial charge in [-0.05, 0) is 50.1 Å². The zero-order chi connectivity index (χ0) is 23.7. The van der Waals surface area contributed by atoms with Crippen LogP contribution in [-0.4, -0.2) is 30.5 Å². The Kier molecular flexibility index (Phi) is 5.75. The molecule has 9 heteroatoms. The number of halogens is 1. The monoisotopic (exact) mass is 458 g/mol. The van der Waals surface area contributed by atoms with Crippen molar-refractivity contribution in [1.29, 1.82) is 0 Å². The minimum Gasteiger partial charge on any atom is -0.318 e. The van der Waals surface area contributed by atoms with Crippen LogP contribution in [0.2, 0.25) is 0 Å². The van der Waals surface area contributed by atoms with Gasteiger partial charge in [0, 0.05) is 30.3 Å². The van der Waals surface area contributed by atoms with Gasteiger partial charge < -0.3 is 9.88 Å². The summed E-state index contributed by atoms with van der Waals surface area (Å²) in [5.74, 6) is 0.133. The maximum atomic E-state index is 14.6. The zero-order valence-electron chi connectivity index (χ0n) is 18.7. The number of carbonyl (C=O) groups is 1. The van der Waals surface area contributed by atoms with E-state index in [4.69, 9.17) is 0 Å². The fourth-order valence-corrected chi connectivity index (χ4v) is 4.18. The van der Waals surface area contributed by atoms with E-state index in [9.17, 15) is 14.0 Å². The largest absolute Gasteiger partial charge is 0.318 e. The van der Waals surface area contributed by atoms with Crippen LogP contribution >= 0.6 is 0 Å². The Morgan fingerprint density at radius 3 is 2.68 bits per heavy atom. The van der Waals surface area contributed by atoms with Crippen LogP contribution in [0.4, 0.5) is 10.1 Å². The number of amides is 1. The molecular formula is C25H23FN6O2. The van der Waals surface area contributed by atoms with E-state index in [1.807, 2.05) is 34.9 Å². The topological polar surface area (TPSA) is 94.7 Å². The van der Waals surface area contributed by atoms with Gasteiger partial charge in [-0.15, -0.1) is 10.2 Å². The van der Waals surface area contributed by atoms with Crippen molar-refractivity contribution in [3.05, 3.63) is 87.9 Å². The molecule has 0 saturated carbocycles. The third kappa shape index (κ3) is 4.12. The molecule has 4 aromatic rings. The van der Waals surface area contributed by atoms with Crippen molar-refractivity contribution < 1.29 is 9.18 Å². The molecule has 34 heavy (non-hydrogen) atoms. The Bertz CT molecular complexity index is 1430. The van der Waals surface area contributed by atoms with E-state index >= 15 is 0 Å². The van der Waals surface area contributed by atoms with Crippen molar-refractivity contribution in [3.8, 4) is 17.1 Å². The van der Waals surface area contributed by atoms with Gasteiger partial charge in [0.1, 0.15) is 11.6 Å². The van der Waals surface area contributed by atoms with Crippen LogP contribution in [-0.2, 0) is 13.0 Å². The summed E-state index contributed by atoms with van der Waals surface area (Å²) < 4.78 is 18.2. The molecule has 0 fully saturated rings. The van der Waals surface area contributed by atoms with Gasteiger partial charge in [-0.1, -0.05) is 24.6 Å². The molecule has 1 aliphatic rings. The summed E-state index contributed by atoms with van der Waals surface area (Å²) >= 11 is 0. The molecular weight excluding hydrogens is 435 g/mol. The average molecular weight is 458 g/mol. The van der Waals surface area contributed by atoms with Gasteiger partial charge >= 0.3 is 0 Å². The number of fused-ring (bicyclic) bond motifs is 1. The molecule has 172 valence electrons. The SMILES string of the molecule is Cc1cc(=O)c(C(=O)Nc2cc(-c3nnc4n3CCCCC4)ccc2F)nn1-c1ccccc1. The first-order chi connectivity index (χ1) is 16.5. The highest BCUT2D eigenvalue weighted by atomic mass is 19.1. The predicted octanol–water partition coefficient (Wildman–Crippen LogP) is 3.92. The number of rotatable bonds is 4. The normalized spacial score (nSPS) is 13.2. The minimum atomic E-state index is -0.786. The summed E-state index contributed by atoms with van der Waals surface area (Å²) in [6, 6.07) is 14.9. The lowest BCUT2D eigenvalue weighted by Gasteiger charge is -2.12. The van der Waals surface area contributed by atoms with Gasteiger partial charge in [-0.2, -0.15) is 5.10 Å². The Hall–Kier alpha value is -4.14. The van der Waals surface area contributed by atoms with Gasteiger partial charge in [-0.25, -0.2) is 9.07 Å². The molecule has 0 spiro atoms. The number of carbonyl (C=O) groups excluding carboxylic acids is 1. The second-order valence-electron chi connectivity index (χ2n) is 8.30. The molecule has 5 rings (SSSR count). The molecule has 2 aromatic carbocycles. The van der Waals surface area contributed by atoms with E-state index in [0.717, 1.165) is 38.1 Å². The van der Waals surface area contributed by atoms with Gasteiger partial charge in [0.2, 0.25) is 5.43 Å². The van der Waals surface area contributed by atoms with Crippen LogP contribution in [0.15, 0.2) is 59.4 Å². The van der Waals surface area contributed by atoms with E-state index < -0.39 is 17.2 Å². The Morgan fingerprint density at radius 2 is 1.85 bits per heavy atom. The molecule has 0 saturated heterocycles. The summed E-state index contributed by atoms with van der Waals surface area (Å²) in [7, 11) is 0. The molecule has 3 heterocycles. The van der Waals surface area contributed by atoms with Crippen LogP contribution in [0, 0.1) is 12.7 Å². The summed E-state index contributed by atoms with van der Waals surface area (Å²) in [4.78, 5) is 25.5. The van der Waals surface area contributed by atoms with Gasteiger partial charge in [0.05, 0.1) is 11.4 Å². The van der Waals surface area contributed by atoms with Gasteiger partial charge in [0.25, 0.3) is 5.91 Å². The first-order valence-electron chi connectivity index (χ1n) is 11.2. The Balaban J connectivity index is 1.47. The highest BCUT2D eigenvalue weighted by Gasteiger charge is 2.20. The third-order valence-electron chi connectivity index (χ3n) is 5.91. The second kappa shape index (κ2) is 9.01. The van der Waals surface area contributed by atoms with Crippen molar-refractivity contribution in [2.75, 3.05) is 5.32 Å². The molecule has 1 aliphatic heterocycles. The highest BCUT2D eigenvalue weighted by Crippen LogP contribution is 2.26. The Labute approximate surface area is 195 Å². The molecule has 0 radical (unpaired) electrons. The summed E-state index contributed by atoms with van der Waals surface area (Å²) in [5.41, 5.74) is 0.998. The standard InChI is InChI=1S/C25H23FN6O2/c1-16-14-21(33)23(30-32(16)18-8-4-2-5-9-18)25(34)27-20-15-17(11-12-19(20)26)24-29-28-22-10-6-3-7-13-31(22)24/h2,4-5,8-9,11-12,14-15H,3,6-7,10,13H2,1H3,(H,27,34). The number of aromatic nitrogens is 5. The minimum absolute atomic E-state index is 0.0542. The first-order valence-corrected chi connectivity index (χ1v) is 11.2. The number of nitrogens with one attached hydrogen (secondary N) is 1. The van der Waals surface area contributed by atoms with Crippen LogP contribution in [0.5, 0.6) is 0 Å². The quantitative estimate of drug-likeness (QED) is 0.500. The number of benzene rings is 2. The smallest absolute Gasteiger partial charge is 0.280 e. The van der Waals surface area contributed by atoms with Crippen molar-refractivity contribution in [1.82, 2.24) is 24.5 Å². The number of hydrogen-bond donors (Lipinski definition) is 1. The number of hydrogen-bond acceptors (Lipinski definition) is 5. The second-order valence-corrected chi connectivity index (χ2v) is 8.30. The van der Waals surface area contributed by atoms with E-state index in [2.05, 4.69) is 20.6 Å². The first kappa shape index (κ1) is 21.7. The average Bonchev–Trinajstić information content (AvgIpc) is 3.09. The molecule has 0 unspecified atom stereocenters. The van der Waals surface area contributed by atoms with Crippen LogP contribution < -0.4 is 10.7 Å². The van der Waals surface area contributed by atoms with Crippen molar-refractivity contribution in [2.24, 2.45) is 0 Å².